The summed E-state index contributed by atoms with van der Waals surface area (Å²) in [5.74, 6) is -2.30. The van der Waals surface area contributed by atoms with Crippen LogP contribution in [0.25, 0.3) is 0 Å². The molecule has 2 rings (SSSR count). The highest BCUT2D eigenvalue weighted by molar-refractivity contribution is 5.78. The molecule has 0 radical (unpaired) electrons. The van der Waals surface area contributed by atoms with Gasteiger partial charge < -0.3 is 5.32 Å². The van der Waals surface area contributed by atoms with Gasteiger partial charge in [-0.05, 0) is 17.7 Å². The number of amides is 1. The highest BCUT2D eigenvalue weighted by atomic mass is 19.1. The summed E-state index contributed by atoms with van der Waals surface area (Å²) in [5, 5.41) is 2.47. The zero-order chi connectivity index (χ0) is 14.5. The van der Waals surface area contributed by atoms with Crippen LogP contribution in [0.5, 0.6) is 0 Å². The van der Waals surface area contributed by atoms with E-state index >= 15 is 0 Å². The van der Waals surface area contributed by atoms with Crippen molar-refractivity contribution >= 4 is 5.91 Å². The topological polar surface area (TPSA) is 29.1 Å². The monoisotopic (exact) mass is 279 g/mol. The van der Waals surface area contributed by atoms with Gasteiger partial charge in [-0.1, -0.05) is 24.3 Å². The predicted molar refractivity (Wildman–Crippen MR) is 68.3 cm³/mol. The molecule has 0 spiro atoms. The first-order chi connectivity index (χ1) is 9.56. The first-order valence-electron chi connectivity index (χ1n) is 6.00. The van der Waals surface area contributed by atoms with Crippen LogP contribution < -0.4 is 5.32 Å². The van der Waals surface area contributed by atoms with Crippen LogP contribution in [0.15, 0.2) is 42.5 Å². The van der Waals surface area contributed by atoms with Crippen molar-refractivity contribution in [2.45, 2.75) is 13.0 Å². The van der Waals surface area contributed by atoms with Crippen molar-refractivity contribution in [2.75, 3.05) is 0 Å². The van der Waals surface area contributed by atoms with Crippen molar-refractivity contribution in [3.63, 3.8) is 0 Å². The minimum Gasteiger partial charge on any atom is -0.352 e. The van der Waals surface area contributed by atoms with Crippen molar-refractivity contribution < 1.29 is 18.0 Å². The highest BCUT2D eigenvalue weighted by Crippen LogP contribution is 2.10. The Morgan fingerprint density at radius 2 is 1.70 bits per heavy atom. The number of hydrogen-bond acceptors (Lipinski definition) is 1. The minimum atomic E-state index is -0.726. The minimum absolute atomic E-state index is 0.0700. The lowest BCUT2D eigenvalue weighted by molar-refractivity contribution is -0.120. The van der Waals surface area contributed by atoms with Crippen molar-refractivity contribution in [3.05, 3.63) is 71.0 Å². The zero-order valence-corrected chi connectivity index (χ0v) is 10.5. The number of rotatable bonds is 4. The van der Waals surface area contributed by atoms with Gasteiger partial charge in [0.2, 0.25) is 5.91 Å². The van der Waals surface area contributed by atoms with E-state index in [1.807, 2.05) is 0 Å². The lowest BCUT2D eigenvalue weighted by Gasteiger charge is -2.07. The second kappa shape index (κ2) is 6.23. The predicted octanol–water partition coefficient (Wildman–Crippen LogP) is 2.96. The van der Waals surface area contributed by atoms with Crippen molar-refractivity contribution in [1.29, 1.82) is 0 Å². The quantitative estimate of drug-likeness (QED) is 0.916. The van der Waals surface area contributed by atoms with E-state index in [1.165, 1.54) is 24.3 Å². The van der Waals surface area contributed by atoms with Crippen LogP contribution in [0.1, 0.15) is 11.1 Å². The van der Waals surface area contributed by atoms with Crippen LogP contribution in [-0.4, -0.2) is 5.91 Å². The molecule has 0 aromatic heterocycles. The highest BCUT2D eigenvalue weighted by Gasteiger charge is 2.09. The van der Waals surface area contributed by atoms with Gasteiger partial charge in [0.25, 0.3) is 0 Å². The number of benzene rings is 2. The second-order valence-corrected chi connectivity index (χ2v) is 4.28. The number of halogens is 3. The van der Waals surface area contributed by atoms with Crippen LogP contribution in [0.2, 0.25) is 0 Å². The molecular weight excluding hydrogens is 267 g/mol. The lowest BCUT2D eigenvalue weighted by atomic mass is 10.1. The summed E-state index contributed by atoms with van der Waals surface area (Å²) in [6.45, 7) is -0.0700. The van der Waals surface area contributed by atoms with E-state index in [2.05, 4.69) is 5.32 Å². The SMILES string of the molecule is O=C(Cc1ccccc1F)NCc1ccc(F)cc1F. The maximum absolute atomic E-state index is 13.3. The summed E-state index contributed by atoms with van der Waals surface area (Å²) in [4.78, 5) is 11.6. The van der Waals surface area contributed by atoms with Gasteiger partial charge in [0, 0.05) is 18.2 Å². The fourth-order valence-corrected chi connectivity index (χ4v) is 1.74. The molecule has 0 unspecified atom stereocenters. The van der Waals surface area contributed by atoms with Crippen LogP contribution >= 0.6 is 0 Å². The van der Waals surface area contributed by atoms with Gasteiger partial charge in [-0.2, -0.15) is 0 Å². The lowest BCUT2D eigenvalue weighted by Crippen LogP contribution is -2.25. The van der Waals surface area contributed by atoms with E-state index in [1.54, 1.807) is 6.07 Å². The largest absolute Gasteiger partial charge is 0.352 e. The zero-order valence-electron chi connectivity index (χ0n) is 10.5. The Morgan fingerprint density at radius 3 is 2.40 bits per heavy atom. The van der Waals surface area contributed by atoms with Crippen LogP contribution in [0, 0.1) is 17.5 Å². The summed E-state index contributed by atoms with van der Waals surface area (Å²) >= 11 is 0. The van der Waals surface area contributed by atoms with Crippen molar-refractivity contribution in [1.82, 2.24) is 5.32 Å². The van der Waals surface area contributed by atoms with Crippen molar-refractivity contribution in [2.24, 2.45) is 0 Å². The third kappa shape index (κ3) is 3.60. The Kier molecular flexibility index (Phi) is 4.40. The molecule has 5 heteroatoms. The molecule has 0 aliphatic heterocycles. The van der Waals surface area contributed by atoms with Gasteiger partial charge in [0.15, 0.2) is 0 Å². The first-order valence-corrected chi connectivity index (χ1v) is 6.00. The number of carbonyl (C=O) groups excluding carboxylic acids is 1. The Labute approximate surface area is 114 Å². The third-order valence-electron chi connectivity index (χ3n) is 2.80. The second-order valence-electron chi connectivity index (χ2n) is 4.28. The van der Waals surface area contributed by atoms with Gasteiger partial charge in [-0.25, -0.2) is 13.2 Å². The molecule has 0 fully saturated rings. The molecule has 0 saturated carbocycles. The van der Waals surface area contributed by atoms with Gasteiger partial charge in [0.05, 0.1) is 6.42 Å². The molecule has 0 aliphatic rings. The van der Waals surface area contributed by atoms with E-state index in [-0.39, 0.29) is 24.1 Å². The Hall–Kier alpha value is -2.30. The Morgan fingerprint density at radius 1 is 0.950 bits per heavy atom. The van der Waals surface area contributed by atoms with E-state index in [9.17, 15) is 18.0 Å². The molecule has 104 valence electrons. The molecule has 2 aromatic rings. The average molecular weight is 279 g/mol. The van der Waals surface area contributed by atoms with Crippen LogP contribution in [0.4, 0.5) is 13.2 Å². The Bertz CT molecular complexity index is 628. The fourth-order valence-electron chi connectivity index (χ4n) is 1.74. The fraction of sp³-hybridized carbons (Fsp3) is 0.133. The molecule has 0 aliphatic carbocycles. The normalized spacial score (nSPS) is 10.3. The number of hydrogen-bond donors (Lipinski definition) is 1. The van der Waals surface area contributed by atoms with E-state index < -0.39 is 23.4 Å². The van der Waals surface area contributed by atoms with Gasteiger partial charge >= 0.3 is 0 Å². The molecule has 0 atom stereocenters. The van der Waals surface area contributed by atoms with E-state index in [4.69, 9.17) is 0 Å². The van der Waals surface area contributed by atoms with E-state index in [0.717, 1.165) is 12.1 Å². The maximum Gasteiger partial charge on any atom is 0.224 e. The molecule has 2 aromatic carbocycles. The van der Waals surface area contributed by atoms with E-state index in [0.29, 0.717) is 0 Å². The molecule has 0 bridgehead atoms. The van der Waals surface area contributed by atoms with Crippen molar-refractivity contribution in [3.8, 4) is 0 Å². The average Bonchev–Trinajstić information content (AvgIpc) is 2.40. The summed E-state index contributed by atoms with van der Waals surface area (Å²) in [7, 11) is 0. The molecule has 0 saturated heterocycles. The maximum atomic E-state index is 13.3. The molecular formula is C15H12F3NO. The first kappa shape index (κ1) is 14.1. The summed E-state index contributed by atoms with van der Waals surface area (Å²) < 4.78 is 39.4. The molecule has 20 heavy (non-hydrogen) atoms. The number of nitrogens with one attached hydrogen (secondary N) is 1. The van der Waals surface area contributed by atoms with Gasteiger partial charge in [-0.3, -0.25) is 4.79 Å². The molecule has 1 N–H and O–H groups in total. The third-order valence-corrected chi connectivity index (χ3v) is 2.80. The summed E-state index contributed by atoms with van der Waals surface area (Å²) in [6, 6.07) is 9.06. The summed E-state index contributed by atoms with van der Waals surface area (Å²) in [5.41, 5.74) is 0.442. The smallest absolute Gasteiger partial charge is 0.224 e. The summed E-state index contributed by atoms with van der Waals surface area (Å²) in [6.07, 6.45) is -0.129. The molecule has 0 heterocycles. The van der Waals surface area contributed by atoms with Gasteiger partial charge in [0.1, 0.15) is 17.5 Å². The Balaban J connectivity index is 1.94. The molecule has 2 nitrogen and oxygen atoms in total. The standard InChI is InChI=1S/C15H12F3NO/c16-12-6-5-11(14(18)8-12)9-19-15(20)7-10-3-1-2-4-13(10)17/h1-6,8H,7,9H2,(H,19,20). The number of carbonyl (C=O) groups is 1. The van der Waals surface area contributed by atoms with Crippen LogP contribution in [0.3, 0.4) is 0 Å². The molecule has 1 amide bonds. The van der Waals surface area contributed by atoms with Gasteiger partial charge in [-0.15, -0.1) is 0 Å². The van der Waals surface area contributed by atoms with Crippen LogP contribution in [-0.2, 0) is 17.8 Å².